The lowest BCUT2D eigenvalue weighted by Gasteiger charge is -2.16. The Morgan fingerprint density at radius 3 is 2.82 bits per heavy atom. The van der Waals surface area contributed by atoms with Gasteiger partial charge in [-0.1, -0.05) is 6.07 Å². The zero-order chi connectivity index (χ0) is 12.4. The number of halogens is 2. The van der Waals surface area contributed by atoms with Crippen LogP contribution in [0.3, 0.4) is 0 Å². The molecule has 0 amide bonds. The van der Waals surface area contributed by atoms with Crippen LogP contribution in [-0.2, 0) is 0 Å². The normalized spacial score (nSPS) is 12.7. The van der Waals surface area contributed by atoms with E-state index in [1.54, 1.807) is 30.2 Å². The average molecular weight is 298 g/mol. The van der Waals surface area contributed by atoms with E-state index < -0.39 is 0 Å². The first-order valence-electron chi connectivity index (χ1n) is 5.29. The Bertz CT molecular complexity index is 524. The molecule has 1 N–H and O–H groups in total. The minimum atomic E-state index is -0.226. The predicted octanol–water partition coefficient (Wildman–Crippen LogP) is 3.05. The molecule has 17 heavy (non-hydrogen) atoms. The van der Waals surface area contributed by atoms with E-state index >= 15 is 0 Å². The molecule has 5 heteroatoms. The number of benzene rings is 1. The molecule has 1 aromatic carbocycles. The third-order valence-corrected chi connectivity index (χ3v) is 3.10. The van der Waals surface area contributed by atoms with E-state index in [0.717, 1.165) is 10.2 Å². The van der Waals surface area contributed by atoms with Crippen molar-refractivity contribution in [1.29, 1.82) is 0 Å². The van der Waals surface area contributed by atoms with Gasteiger partial charge < -0.3 is 5.32 Å². The topological polar surface area (TPSA) is 29.9 Å². The lowest BCUT2D eigenvalue weighted by atomic mass is 10.1. The molecule has 0 fully saturated rings. The smallest absolute Gasteiger partial charge is 0.130 e. The van der Waals surface area contributed by atoms with Crippen LogP contribution < -0.4 is 5.32 Å². The van der Waals surface area contributed by atoms with Gasteiger partial charge in [-0.15, -0.1) is 0 Å². The molecule has 0 bridgehead atoms. The second kappa shape index (κ2) is 4.98. The van der Waals surface area contributed by atoms with Gasteiger partial charge in [0.25, 0.3) is 0 Å². The van der Waals surface area contributed by atoms with Crippen molar-refractivity contribution in [3.05, 3.63) is 46.4 Å². The van der Waals surface area contributed by atoms with Gasteiger partial charge >= 0.3 is 0 Å². The highest BCUT2D eigenvalue weighted by Crippen LogP contribution is 2.25. The van der Waals surface area contributed by atoms with Crippen molar-refractivity contribution < 1.29 is 4.39 Å². The van der Waals surface area contributed by atoms with Crippen LogP contribution in [0, 0.1) is 5.82 Å². The number of nitrogens with one attached hydrogen (secondary N) is 1. The maximum atomic E-state index is 13.9. The van der Waals surface area contributed by atoms with Crippen molar-refractivity contribution in [2.45, 2.75) is 13.0 Å². The third-order valence-electron chi connectivity index (χ3n) is 2.69. The monoisotopic (exact) mass is 297 g/mol. The molecule has 1 aromatic heterocycles. The van der Waals surface area contributed by atoms with E-state index in [-0.39, 0.29) is 11.9 Å². The first-order valence-corrected chi connectivity index (χ1v) is 6.09. The number of hydrogen-bond donors (Lipinski definition) is 1. The number of rotatable bonds is 3. The first kappa shape index (κ1) is 12.3. The quantitative estimate of drug-likeness (QED) is 0.944. The van der Waals surface area contributed by atoms with Crippen molar-refractivity contribution in [3.8, 4) is 5.69 Å². The molecule has 0 aliphatic carbocycles. The third kappa shape index (κ3) is 2.40. The summed E-state index contributed by atoms with van der Waals surface area (Å²) in [5.41, 5.74) is 1.36. The molecular formula is C12H13BrFN3. The molecule has 0 aliphatic heterocycles. The molecule has 2 rings (SSSR count). The fourth-order valence-electron chi connectivity index (χ4n) is 1.73. The summed E-state index contributed by atoms with van der Waals surface area (Å²) in [5.74, 6) is -0.226. The lowest BCUT2D eigenvalue weighted by Crippen LogP contribution is -2.17. The summed E-state index contributed by atoms with van der Waals surface area (Å²) < 4.78 is 16.4. The fraction of sp³-hybridized carbons (Fsp3) is 0.250. The molecular weight excluding hydrogens is 285 g/mol. The van der Waals surface area contributed by atoms with E-state index in [2.05, 4.69) is 26.3 Å². The Labute approximate surface area is 108 Å². The first-order chi connectivity index (χ1) is 8.13. The lowest BCUT2D eigenvalue weighted by molar-refractivity contribution is 0.557. The van der Waals surface area contributed by atoms with Crippen molar-refractivity contribution >= 4 is 15.9 Å². The maximum absolute atomic E-state index is 13.9. The van der Waals surface area contributed by atoms with E-state index in [1.165, 1.54) is 6.07 Å². The van der Waals surface area contributed by atoms with Crippen molar-refractivity contribution in [1.82, 2.24) is 15.1 Å². The summed E-state index contributed by atoms with van der Waals surface area (Å²) >= 11 is 3.33. The number of aromatic nitrogens is 2. The van der Waals surface area contributed by atoms with E-state index in [1.807, 2.05) is 13.0 Å². The molecule has 0 saturated carbocycles. The molecule has 0 saturated heterocycles. The van der Waals surface area contributed by atoms with Crippen LogP contribution in [0.1, 0.15) is 18.5 Å². The van der Waals surface area contributed by atoms with Crippen LogP contribution in [0.25, 0.3) is 5.69 Å². The highest BCUT2D eigenvalue weighted by atomic mass is 79.9. The fourth-order valence-corrected chi connectivity index (χ4v) is 2.02. The summed E-state index contributed by atoms with van der Waals surface area (Å²) in [5, 5.41) is 7.23. The van der Waals surface area contributed by atoms with Crippen molar-refractivity contribution in [2.75, 3.05) is 7.05 Å². The summed E-state index contributed by atoms with van der Waals surface area (Å²) in [6.07, 6.45) is 3.49. The standard InChI is InChI=1S/C12H13BrFN3/c1-8(15-2)12-10(14)4-3-5-11(12)17-7-9(13)6-16-17/h3-8,15H,1-2H3. The Balaban J connectivity index is 2.57. The molecule has 1 unspecified atom stereocenters. The van der Waals surface area contributed by atoms with E-state index in [0.29, 0.717) is 5.56 Å². The molecule has 3 nitrogen and oxygen atoms in total. The maximum Gasteiger partial charge on any atom is 0.130 e. The van der Waals surface area contributed by atoms with Crippen molar-refractivity contribution in [3.63, 3.8) is 0 Å². The van der Waals surface area contributed by atoms with Gasteiger partial charge in [0.05, 0.1) is 16.4 Å². The van der Waals surface area contributed by atoms with Crippen LogP contribution >= 0.6 is 15.9 Å². The van der Waals surface area contributed by atoms with Gasteiger partial charge in [-0.05, 0) is 42.0 Å². The van der Waals surface area contributed by atoms with E-state index in [9.17, 15) is 4.39 Å². The van der Waals surface area contributed by atoms with Gasteiger partial charge in [0.1, 0.15) is 5.82 Å². The van der Waals surface area contributed by atoms with E-state index in [4.69, 9.17) is 0 Å². The molecule has 2 aromatic rings. The van der Waals surface area contributed by atoms with Crippen molar-refractivity contribution in [2.24, 2.45) is 0 Å². The van der Waals surface area contributed by atoms with Crippen LogP contribution in [0.5, 0.6) is 0 Å². The molecule has 1 atom stereocenters. The Morgan fingerprint density at radius 2 is 2.24 bits per heavy atom. The predicted molar refractivity (Wildman–Crippen MR) is 68.7 cm³/mol. The molecule has 0 radical (unpaired) electrons. The zero-order valence-corrected chi connectivity index (χ0v) is 11.2. The van der Waals surface area contributed by atoms with Gasteiger partial charge in [0, 0.05) is 17.8 Å². The Kier molecular flexibility index (Phi) is 3.59. The van der Waals surface area contributed by atoms with Gasteiger partial charge in [-0.2, -0.15) is 5.10 Å². The van der Waals surface area contributed by atoms with Crippen LogP contribution in [0.4, 0.5) is 4.39 Å². The Morgan fingerprint density at radius 1 is 1.47 bits per heavy atom. The summed E-state index contributed by atoms with van der Waals surface area (Å²) in [4.78, 5) is 0. The number of hydrogen-bond acceptors (Lipinski definition) is 2. The zero-order valence-electron chi connectivity index (χ0n) is 9.61. The molecule has 0 aliphatic rings. The summed E-state index contributed by atoms with van der Waals surface area (Å²) in [6.45, 7) is 1.92. The second-order valence-corrected chi connectivity index (χ2v) is 4.70. The highest BCUT2D eigenvalue weighted by Gasteiger charge is 2.15. The van der Waals surface area contributed by atoms with Crippen LogP contribution in [0.15, 0.2) is 35.1 Å². The average Bonchev–Trinajstić information content (AvgIpc) is 2.74. The van der Waals surface area contributed by atoms with Crippen LogP contribution in [0.2, 0.25) is 0 Å². The largest absolute Gasteiger partial charge is 0.313 e. The highest BCUT2D eigenvalue weighted by molar-refractivity contribution is 9.10. The molecule has 1 heterocycles. The summed E-state index contributed by atoms with van der Waals surface area (Å²) in [7, 11) is 1.81. The molecule has 0 spiro atoms. The second-order valence-electron chi connectivity index (χ2n) is 3.79. The van der Waals surface area contributed by atoms with Gasteiger partial charge in [0.2, 0.25) is 0 Å². The SMILES string of the molecule is CNC(C)c1c(F)cccc1-n1cc(Br)cn1. The number of nitrogens with zero attached hydrogens (tertiary/aromatic N) is 2. The summed E-state index contributed by atoms with van der Waals surface area (Å²) in [6, 6.07) is 4.93. The van der Waals surface area contributed by atoms with Gasteiger partial charge in [0.15, 0.2) is 0 Å². The molecule has 90 valence electrons. The van der Waals surface area contributed by atoms with Gasteiger partial charge in [-0.3, -0.25) is 0 Å². The minimum absolute atomic E-state index is 0.0748. The minimum Gasteiger partial charge on any atom is -0.313 e. The van der Waals surface area contributed by atoms with Gasteiger partial charge in [-0.25, -0.2) is 9.07 Å². The Hall–Kier alpha value is -1.20. The van der Waals surface area contributed by atoms with Crippen LogP contribution in [-0.4, -0.2) is 16.8 Å².